The second-order valence-electron chi connectivity index (χ2n) is 9.68. The fraction of sp³-hybridized carbons (Fsp3) is 0.654. The lowest BCUT2D eigenvalue weighted by atomic mass is 10.00. The van der Waals surface area contributed by atoms with Gasteiger partial charge in [0, 0.05) is 13.1 Å². The van der Waals surface area contributed by atoms with Crippen LogP contribution in [0.2, 0.25) is 0 Å². The van der Waals surface area contributed by atoms with E-state index < -0.39 is 29.7 Å². The molecule has 2 unspecified atom stereocenters. The van der Waals surface area contributed by atoms with Gasteiger partial charge in [-0.3, -0.25) is 9.59 Å². The van der Waals surface area contributed by atoms with Crippen molar-refractivity contribution in [1.29, 1.82) is 0 Å². The van der Waals surface area contributed by atoms with Crippen LogP contribution in [0.1, 0.15) is 70.5 Å². The average Bonchev–Trinajstić information content (AvgIpc) is 2.79. The van der Waals surface area contributed by atoms with Crippen LogP contribution in [0.4, 0.5) is 4.79 Å². The predicted octanol–water partition coefficient (Wildman–Crippen LogP) is 3.52. The Bertz CT molecular complexity index is 859. The number of aromatic hydroxyl groups is 1. The molecule has 10 heteroatoms. The molecule has 36 heavy (non-hydrogen) atoms. The highest BCUT2D eigenvalue weighted by atomic mass is 32.2. The summed E-state index contributed by atoms with van der Waals surface area (Å²) in [6.07, 6.45) is 4.24. The number of aliphatic hydroxyl groups is 1. The maximum absolute atomic E-state index is 13.8. The van der Waals surface area contributed by atoms with Crippen LogP contribution in [-0.4, -0.2) is 76.4 Å². The largest absolute Gasteiger partial charge is 0.508 e. The Balaban J connectivity index is 3.37. The van der Waals surface area contributed by atoms with Crippen molar-refractivity contribution in [2.24, 2.45) is 0 Å². The standard InChI is InChI=1S/C26H43N3O6S/c1-7-8-9-13-27-23(32)22(19-10-11-21(31)18(2)17-19)29(14-15-30)24(33)20(12-16-36-6)28-25(34)35-26(3,4)5/h10-11,17,20,22,30-31H,7-9,12-16H2,1-6H3,(H,27,32)(H,28,34). The second kappa shape index (κ2) is 15.6. The summed E-state index contributed by atoms with van der Waals surface area (Å²) in [4.78, 5) is 41.0. The zero-order valence-corrected chi connectivity index (χ0v) is 23.2. The van der Waals surface area contributed by atoms with Crippen LogP contribution in [0.25, 0.3) is 0 Å². The topological polar surface area (TPSA) is 128 Å². The number of nitrogens with zero attached hydrogens (tertiary/aromatic N) is 1. The summed E-state index contributed by atoms with van der Waals surface area (Å²) in [5.41, 5.74) is 0.311. The minimum absolute atomic E-state index is 0.0744. The first-order chi connectivity index (χ1) is 16.9. The molecule has 0 aliphatic heterocycles. The van der Waals surface area contributed by atoms with E-state index in [-0.39, 0.29) is 24.8 Å². The predicted molar refractivity (Wildman–Crippen MR) is 143 cm³/mol. The Labute approximate surface area is 219 Å². The van der Waals surface area contributed by atoms with Gasteiger partial charge in [-0.25, -0.2) is 4.79 Å². The highest BCUT2D eigenvalue weighted by Crippen LogP contribution is 2.27. The highest BCUT2D eigenvalue weighted by molar-refractivity contribution is 7.98. The Hall–Kier alpha value is -2.46. The third kappa shape index (κ3) is 10.7. The van der Waals surface area contributed by atoms with E-state index in [1.807, 2.05) is 6.26 Å². The first kappa shape index (κ1) is 31.6. The Kier molecular flexibility index (Phi) is 13.7. The lowest BCUT2D eigenvalue weighted by Gasteiger charge is -2.34. The minimum Gasteiger partial charge on any atom is -0.508 e. The van der Waals surface area contributed by atoms with Gasteiger partial charge in [0.25, 0.3) is 0 Å². The SMILES string of the molecule is CCCCCNC(=O)C(c1ccc(O)c(C)c1)N(CCO)C(=O)C(CCSC)NC(=O)OC(C)(C)C. The molecule has 1 aromatic carbocycles. The number of unbranched alkanes of at least 4 members (excludes halogenated alkanes) is 2. The number of phenols is 1. The number of nitrogens with one attached hydrogen (secondary N) is 2. The van der Waals surface area contributed by atoms with E-state index in [4.69, 9.17) is 4.74 Å². The maximum atomic E-state index is 13.8. The number of aliphatic hydroxyl groups excluding tert-OH is 1. The number of carbonyl (C=O) groups excluding carboxylic acids is 3. The van der Waals surface area contributed by atoms with E-state index in [1.54, 1.807) is 39.8 Å². The van der Waals surface area contributed by atoms with Crippen LogP contribution in [0.15, 0.2) is 18.2 Å². The van der Waals surface area contributed by atoms with Gasteiger partial charge in [0.15, 0.2) is 0 Å². The molecule has 0 saturated heterocycles. The summed E-state index contributed by atoms with van der Waals surface area (Å²) >= 11 is 1.52. The van der Waals surface area contributed by atoms with E-state index in [2.05, 4.69) is 17.6 Å². The number of rotatable bonds is 14. The Morgan fingerprint density at radius 3 is 2.44 bits per heavy atom. The number of thioether (sulfide) groups is 1. The molecule has 0 saturated carbocycles. The van der Waals surface area contributed by atoms with Crippen molar-refractivity contribution < 1.29 is 29.3 Å². The van der Waals surface area contributed by atoms with Gasteiger partial charge in [0.2, 0.25) is 11.8 Å². The van der Waals surface area contributed by atoms with Gasteiger partial charge >= 0.3 is 6.09 Å². The summed E-state index contributed by atoms with van der Waals surface area (Å²) < 4.78 is 5.35. The summed E-state index contributed by atoms with van der Waals surface area (Å²) in [7, 11) is 0. The van der Waals surface area contributed by atoms with Crippen molar-refractivity contribution >= 4 is 29.7 Å². The molecule has 0 spiro atoms. The summed E-state index contributed by atoms with van der Waals surface area (Å²) in [6, 6.07) is 2.72. The number of ether oxygens (including phenoxy) is 1. The van der Waals surface area contributed by atoms with E-state index in [9.17, 15) is 24.6 Å². The van der Waals surface area contributed by atoms with Crippen LogP contribution < -0.4 is 10.6 Å². The van der Waals surface area contributed by atoms with Crippen molar-refractivity contribution in [2.75, 3.05) is 31.7 Å². The normalized spacial score (nSPS) is 13.0. The molecule has 9 nitrogen and oxygen atoms in total. The maximum Gasteiger partial charge on any atom is 0.408 e. The molecular weight excluding hydrogens is 482 g/mol. The van der Waals surface area contributed by atoms with Crippen LogP contribution in [0.5, 0.6) is 5.75 Å². The van der Waals surface area contributed by atoms with E-state index in [1.165, 1.54) is 22.7 Å². The first-order valence-electron chi connectivity index (χ1n) is 12.4. The fourth-order valence-corrected chi connectivity index (χ4v) is 4.09. The number of carbonyl (C=O) groups is 3. The Morgan fingerprint density at radius 1 is 1.19 bits per heavy atom. The van der Waals surface area contributed by atoms with Crippen molar-refractivity contribution in [1.82, 2.24) is 15.5 Å². The van der Waals surface area contributed by atoms with Crippen LogP contribution >= 0.6 is 11.8 Å². The van der Waals surface area contributed by atoms with Gasteiger partial charge in [-0.15, -0.1) is 0 Å². The van der Waals surface area contributed by atoms with Gasteiger partial charge in [0.1, 0.15) is 23.4 Å². The van der Waals surface area contributed by atoms with E-state index >= 15 is 0 Å². The minimum atomic E-state index is -1.05. The lowest BCUT2D eigenvalue weighted by Crippen LogP contribution is -2.54. The first-order valence-corrected chi connectivity index (χ1v) is 13.8. The van der Waals surface area contributed by atoms with Gasteiger partial charge in [-0.05, 0) is 75.8 Å². The molecule has 0 aliphatic rings. The summed E-state index contributed by atoms with van der Waals surface area (Å²) in [5.74, 6) is -0.224. The summed E-state index contributed by atoms with van der Waals surface area (Å²) in [6.45, 7) is 8.94. The molecule has 4 N–H and O–H groups in total. The number of phenolic OH excluding ortho intramolecular Hbond substituents is 1. The van der Waals surface area contributed by atoms with Gasteiger partial charge in [-0.1, -0.05) is 25.8 Å². The third-order valence-electron chi connectivity index (χ3n) is 5.40. The van der Waals surface area contributed by atoms with E-state index in [0.717, 1.165) is 19.3 Å². The quantitative estimate of drug-likeness (QED) is 0.274. The van der Waals surface area contributed by atoms with Gasteiger partial charge in [0.05, 0.1) is 6.61 Å². The molecular formula is C26H43N3O6S. The number of benzene rings is 1. The number of alkyl carbamates (subject to hydrolysis) is 1. The zero-order chi connectivity index (χ0) is 27.3. The van der Waals surface area contributed by atoms with Gasteiger partial charge in [-0.2, -0.15) is 11.8 Å². The van der Waals surface area contributed by atoms with Gasteiger partial charge < -0.3 is 30.5 Å². The zero-order valence-electron chi connectivity index (χ0n) is 22.4. The summed E-state index contributed by atoms with van der Waals surface area (Å²) in [5, 5.41) is 25.4. The molecule has 204 valence electrons. The van der Waals surface area contributed by atoms with Crippen LogP contribution in [0.3, 0.4) is 0 Å². The number of hydrogen-bond donors (Lipinski definition) is 4. The van der Waals surface area contributed by atoms with Crippen molar-refractivity contribution in [3.63, 3.8) is 0 Å². The van der Waals surface area contributed by atoms with Crippen LogP contribution in [-0.2, 0) is 14.3 Å². The lowest BCUT2D eigenvalue weighted by molar-refractivity contribution is -0.143. The second-order valence-corrected chi connectivity index (χ2v) is 10.7. The number of hydrogen-bond acceptors (Lipinski definition) is 7. The molecule has 1 aromatic rings. The van der Waals surface area contributed by atoms with Crippen molar-refractivity contribution in [3.05, 3.63) is 29.3 Å². The molecule has 0 fully saturated rings. The smallest absolute Gasteiger partial charge is 0.408 e. The molecule has 2 atom stereocenters. The third-order valence-corrected chi connectivity index (χ3v) is 6.04. The number of amides is 3. The van der Waals surface area contributed by atoms with E-state index in [0.29, 0.717) is 29.8 Å². The Morgan fingerprint density at radius 2 is 1.89 bits per heavy atom. The monoisotopic (exact) mass is 525 g/mol. The molecule has 0 aromatic heterocycles. The molecule has 0 bridgehead atoms. The fourth-order valence-electron chi connectivity index (χ4n) is 3.62. The molecule has 1 rings (SSSR count). The van der Waals surface area contributed by atoms with Crippen molar-refractivity contribution in [2.45, 2.75) is 78.0 Å². The molecule has 0 aliphatic carbocycles. The highest BCUT2D eigenvalue weighted by Gasteiger charge is 2.36. The van der Waals surface area contributed by atoms with Crippen molar-refractivity contribution in [3.8, 4) is 5.75 Å². The average molecular weight is 526 g/mol. The molecule has 0 radical (unpaired) electrons. The molecule has 3 amide bonds. The van der Waals surface area contributed by atoms with Crippen LogP contribution in [0, 0.1) is 6.92 Å². The molecule has 0 heterocycles. The number of aryl methyl sites for hydroxylation is 1.